The van der Waals surface area contributed by atoms with Gasteiger partial charge in [-0.3, -0.25) is 9.59 Å². The van der Waals surface area contributed by atoms with Crippen molar-refractivity contribution in [2.24, 2.45) is 27.6 Å². The fourth-order valence-electron chi connectivity index (χ4n) is 6.31. The number of allylic oxidation sites excluding steroid dienone is 1. The van der Waals surface area contributed by atoms with Crippen molar-refractivity contribution >= 4 is 11.8 Å². The molecule has 0 aromatic rings. The van der Waals surface area contributed by atoms with Crippen LogP contribution in [0, 0.1) is 27.6 Å². The van der Waals surface area contributed by atoms with Gasteiger partial charge in [0, 0.05) is 5.41 Å². The maximum atomic E-state index is 13.6. The van der Waals surface area contributed by atoms with E-state index in [1.165, 1.54) is 0 Å². The third kappa shape index (κ3) is 2.08. The average molecular weight is 334 g/mol. The molecule has 1 spiro atoms. The van der Waals surface area contributed by atoms with Crippen LogP contribution in [0.3, 0.4) is 0 Å². The van der Waals surface area contributed by atoms with Crippen molar-refractivity contribution in [2.75, 3.05) is 0 Å². The first-order valence-corrected chi connectivity index (χ1v) is 9.14. The molecule has 4 nitrogen and oxygen atoms in total. The lowest BCUT2D eigenvalue weighted by molar-refractivity contribution is -0.177. The Hall–Kier alpha value is -1.16. The van der Waals surface area contributed by atoms with Gasteiger partial charge in [-0.15, -0.1) is 6.58 Å². The van der Waals surface area contributed by atoms with E-state index < -0.39 is 28.3 Å². The molecule has 2 N–H and O–H groups in total. The summed E-state index contributed by atoms with van der Waals surface area (Å²) in [4.78, 5) is 25.6. The molecule has 0 bridgehead atoms. The van der Waals surface area contributed by atoms with Crippen molar-refractivity contribution in [3.63, 3.8) is 0 Å². The molecule has 6 atom stereocenters. The zero-order valence-electron chi connectivity index (χ0n) is 15.1. The maximum absolute atomic E-state index is 13.6. The van der Waals surface area contributed by atoms with Gasteiger partial charge in [0.1, 0.15) is 5.78 Å². The number of fused-ring (bicyclic) bond motifs is 1. The molecule has 3 rings (SSSR count). The van der Waals surface area contributed by atoms with Crippen LogP contribution >= 0.6 is 0 Å². The van der Waals surface area contributed by atoms with Gasteiger partial charge in [0.15, 0.2) is 0 Å². The molecule has 0 aromatic heterocycles. The lowest BCUT2D eigenvalue weighted by Crippen LogP contribution is -2.60. The normalized spacial score (nSPS) is 51.4. The first-order valence-electron chi connectivity index (χ1n) is 9.14. The molecular formula is C20H30O4. The number of carboxylic acid groups (broad SMARTS) is 1. The van der Waals surface area contributed by atoms with Crippen LogP contribution in [-0.4, -0.2) is 28.1 Å². The van der Waals surface area contributed by atoms with Crippen molar-refractivity contribution in [2.45, 2.75) is 71.8 Å². The Kier molecular flexibility index (Phi) is 3.80. The fourth-order valence-corrected chi connectivity index (χ4v) is 6.31. The van der Waals surface area contributed by atoms with Crippen molar-refractivity contribution in [3.8, 4) is 0 Å². The minimum atomic E-state index is -0.838. The summed E-state index contributed by atoms with van der Waals surface area (Å²) in [5.74, 6) is -0.821. The number of hydrogen-bond donors (Lipinski definition) is 2. The second-order valence-corrected chi connectivity index (χ2v) is 9.33. The summed E-state index contributed by atoms with van der Waals surface area (Å²) in [6.07, 6.45) is 5.85. The zero-order chi connectivity index (χ0) is 18.0. The Balaban J connectivity index is 2.01. The minimum absolute atomic E-state index is 0.108. The number of ketones is 1. The first kappa shape index (κ1) is 17.7. The molecule has 4 heteroatoms. The third-order valence-corrected chi connectivity index (χ3v) is 7.78. The molecular weight excluding hydrogens is 304 g/mol. The van der Waals surface area contributed by atoms with E-state index >= 15 is 0 Å². The highest BCUT2D eigenvalue weighted by Crippen LogP contribution is 2.65. The van der Waals surface area contributed by atoms with E-state index in [0.717, 1.165) is 12.8 Å². The predicted octanol–water partition coefficient (Wildman–Crippen LogP) is 3.58. The van der Waals surface area contributed by atoms with E-state index in [2.05, 4.69) is 13.5 Å². The van der Waals surface area contributed by atoms with Gasteiger partial charge >= 0.3 is 5.97 Å². The number of Topliss-reactive ketones (excluding diaryl/α,β-unsaturated/α-hetero) is 1. The molecule has 134 valence electrons. The van der Waals surface area contributed by atoms with Gasteiger partial charge in [0.25, 0.3) is 0 Å². The van der Waals surface area contributed by atoms with Crippen LogP contribution in [0.2, 0.25) is 0 Å². The molecule has 24 heavy (non-hydrogen) atoms. The third-order valence-electron chi connectivity index (χ3n) is 7.78. The SMILES string of the molecule is C=C[C@@]1(C)C[C@H](O)[C@@]2(CC[C@H]3[C@@](C)(C(=O)O)CCC[C@]3(C)C2=O)C1. The highest BCUT2D eigenvalue weighted by atomic mass is 16.4. The zero-order valence-corrected chi connectivity index (χ0v) is 15.1. The number of aliphatic carboxylic acids is 1. The van der Waals surface area contributed by atoms with E-state index in [1.807, 2.05) is 19.9 Å². The molecule has 0 heterocycles. The highest BCUT2D eigenvalue weighted by Gasteiger charge is 2.67. The van der Waals surface area contributed by atoms with E-state index in [4.69, 9.17) is 0 Å². The van der Waals surface area contributed by atoms with Gasteiger partial charge in [0.2, 0.25) is 0 Å². The average Bonchev–Trinajstić information content (AvgIpc) is 2.77. The van der Waals surface area contributed by atoms with Crippen molar-refractivity contribution < 1.29 is 19.8 Å². The van der Waals surface area contributed by atoms with Gasteiger partial charge in [-0.2, -0.15) is 0 Å². The Labute approximate surface area is 144 Å². The number of aliphatic hydroxyl groups excluding tert-OH is 1. The Morgan fingerprint density at radius 3 is 2.46 bits per heavy atom. The lowest BCUT2D eigenvalue weighted by Gasteiger charge is -2.56. The predicted molar refractivity (Wildman–Crippen MR) is 91.4 cm³/mol. The van der Waals surface area contributed by atoms with E-state index in [-0.39, 0.29) is 17.1 Å². The summed E-state index contributed by atoms with van der Waals surface area (Å²) in [5, 5.41) is 20.6. The Morgan fingerprint density at radius 2 is 1.92 bits per heavy atom. The van der Waals surface area contributed by atoms with Crippen LogP contribution in [-0.2, 0) is 9.59 Å². The molecule has 0 saturated heterocycles. The maximum Gasteiger partial charge on any atom is 0.309 e. The second kappa shape index (κ2) is 5.17. The number of carbonyl (C=O) groups is 2. The summed E-state index contributed by atoms with van der Waals surface area (Å²) in [7, 11) is 0. The van der Waals surface area contributed by atoms with Gasteiger partial charge in [-0.25, -0.2) is 0 Å². The summed E-state index contributed by atoms with van der Waals surface area (Å²) >= 11 is 0. The van der Waals surface area contributed by atoms with Crippen molar-refractivity contribution in [1.29, 1.82) is 0 Å². The van der Waals surface area contributed by atoms with Gasteiger partial charge in [0.05, 0.1) is 16.9 Å². The van der Waals surface area contributed by atoms with E-state index in [9.17, 15) is 19.8 Å². The minimum Gasteiger partial charge on any atom is -0.481 e. The fraction of sp³-hybridized carbons (Fsp3) is 0.800. The first-order chi connectivity index (χ1) is 11.0. The summed E-state index contributed by atoms with van der Waals surface area (Å²) in [6, 6.07) is 0. The molecule has 0 unspecified atom stereocenters. The monoisotopic (exact) mass is 334 g/mol. The number of carbonyl (C=O) groups excluding carboxylic acids is 1. The van der Waals surface area contributed by atoms with Crippen LogP contribution in [0.25, 0.3) is 0 Å². The molecule has 0 aliphatic heterocycles. The van der Waals surface area contributed by atoms with Crippen LogP contribution < -0.4 is 0 Å². The number of aliphatic hydroxyl groups is 1. The Morgan fingerprint density at radius 1 is 1.25 bits per heavy atom. The van der Waals surface area contributed by atoms with Gasteiger partial charge in [-0.1, -0.05) is 26.3 Å². The quantitative estimate of drug-likeness (QED) is 0.757. The lowest BCUT2D eigenvalue weighted by atomic mass is 9.45. The summed E-state index contributed by atoms with van der Waals surface area (Å²) < 4.78 is 0. The molecule has 0 aromatic carbocycles. The van der Waals surface area contributed by atoms with Crippen LogP contribution in [0.4, 0.5) is 0 Å². The van der Waals surface area contributed by atoms with Crippen molar-refractivity contribution in [3.05, 3.63) is 12.7 Å². The van der Waals surface area contributed by atoms with Gasteiger partial charge in [-0.05, 0) is 56.8 Å². The van der Waals surface area contributed by atoms with Crippen LogP contribution in [0.1, 0.15) is 65.7 Å². The molecule has 3 saturated carbocycles. The molecule has 3 aliphatic rings. The smallest absolute Gasteiger partial charge is 0.309 e. The number of rotatable bonds is 2. The second-order valence-electron chi connectivity index (χ2n) is 9.33. The molecule has 3 aliphatic carbocycles. The topological polar surface area (TPSA) is 74.6 Å². The van der Waals surface area contributed by atoms with Crippen molar-refractivity contribution in [1.82, 2.24) is 0 Å². The van der Waals surface area contributed by atoms with Gasteiger partial charge < -0.3 is 10.2 Å². The number of hydrogen-bond acceptors (Lipinski definition) is 3. The summed E-state index contributed by atoms with van der Waals surface area (Å²) in [5.41, 5.74) is -2.42. The van der Waals surface area contributed by atoms with E-state index in [1.54, 1.807) is 0 Å². The summed E-state index contributed by atoms with van der Waals surface area (Å²) in [6.45, 7) is 9.72. The Bertz CT molecular complexity index is 598. The number of carboxylic acids is 1. The molecule has 0 radical (unpaired) electrons. The van der Waals surface area contributed by atoms with E-state index in [0.29, 0.717) is 32.1 Å². The molecule has 3 fully saturated rings. The molecule has 0 amide bonds. The highest BCUT2D eigenvalue weighted by molar-refractivity contribution is 5.93. The van der Waals surface area contributed by atoms with Crippen LogP contribution in [0.5, 0.6) is 0 Å². The van der Waals surface area contributed by atoms with Crippen LogP contribution in [0.15, 0.2) is 12.7 Å². The standard InChI is InChI=1S/C20H30O4/c1-5-17(2)11-14(21)20(12-17)10-7-13-18(3,15(20)22)8-6-9-19(13,4)16(23)24/h5,13-14,21H,1,6-12H2,2-4H3,(H,23,24)/t13-,14+,17+,18+,19+,20-/m1/s1. The largest absolute Gasteiger partial charge is 0.481 e.